The number of halogens is 1. The first-order valence-electron chi connectivity index (χ1n) is 14.8. The highest BCUT2D eigenvalue weighted by atomic mass is 79.9. The number of nitrogens with one attached hydrogen (secondary N) is 3. The SMILES string of the molecule is CNc1cncc(C(=O)N2C[C@H](Nc3c(C(=O)N4C[C@@H](C)O[C@@H](C)C4)cc(Br)cc3[N+](=O)[O-])CC2C(=O)N2CCN[C@H](O)C2)c1. The van der Waals surface area contributed by atoms with Crippen LogP contribution in [-0.2, 0) is 9.53 Å². The van der Waals surface area contributed by atoms with E-state index in [0.29, 0.717) is 36.3 Å². The third-order valence-electron chi connectivity index (χ3n) is 8.15. The Morgan fingerprint density at radius 1 is 1.09 bits per heavy atom. The van der Waals surface area contributed by atoms with Crippen molar-refractivity contribution in [2.75, 3.05) is 56.9 Å². The summed E-state index contributed by atoms with van der Waals surface area (Å²) in [7, 11) is 1.70. The van der Waals surface area contributed by atoms with Gasteiger partial charge in [-0.1, -0.05) is 15.9 Å². The fourth-order valence-corrected chi connectivity index (χ4v) is 6.62. The Balaban J connectivity index is 1.48. The van der Waals surface area contributed by atoms with Gasteiger partial charge in [0.05, 0.1) is 40.5 Å². The number of pyridine rings is 1. The molecule has 3 aliphatic rings. The van der Waals surface area contributed by atoms with Crippen LogP contribution in [0.5, 0.6) is 0 Å². The zero-order valence-corrected chi connectivity index (χ0v) is 26.8. The molecule has 242 valence electrons. The summed E-state index contributed by atoms with van der Waals surface area (Å²) >= 11 is 3.32. The number of nitro benzene ring substituents is 1. The number of anilines is 2. The molecule has 5 atom stereocenters. The van der Waals surface area contributed by atoms with Gasteiger partial charge < -0.3 is 35.2 Å². The number of aliphatic hydroxyl groups is 1. The number of β-amino-alcohol motifs (C(OH)–C–C–N with tert-alkyl or cyclic N) is 1. The molecule has 0 radical (unpaired) electrons. The van der Waals surface area contributed by atoms with Gasteiger partial charge >= 0.3 is 0 Å². The van der Waals surface area contributed by atoms with Crippen molar-refractivity contribution in [2.24, 2.45) is 0 Å². The first-order chi connectivity index (χ1) is 21.4. The fourth-order valence-electron chi connectivity index (χ4n) is 6.18. The van der Waals surface area contributed by atoms with E-state index in [9.17, 15) is 29.6 Å². The number of ether oxygens (including phenoxy) is 1. The zero-order chi connectivity index (χ0) is 32.4. The van der Waals surface area contributed by atoms with Gasteiger partial charge in [0, 0.05) is 68.7 Å². The summed E-state index contributed by atoms with van der Waals surface area (Å²) in [6.07, 6.45) is 1.78. The maximum atomic E-state index is 13.9. The third kappa shape index (κ3) is 7.19. The second kappa shape index (κ2) is 13.6. The number of piperazine rings is 1. The number of nitrogens with zero attached hydrogens (tertiary/aromatic N) is 5. The van der Waals surface area contributed by atoms with Gasteiger partial charge in [0.15, 0.2) is 0 Å². The lowest BCUT2D eigenvalue weighted by molar-refractivity contribution is -0.384. The van der Waals surface area contributed by atoms with E-state index in [-0.39, 0.29) is 60.1 Å². The van der Waals surface area contributed by atoms with E-state index in [1.54, 1.807) is 30.3 Å². The number of hydrogen-bond acceptors (Lipinski definition) is 11. The molecule has 2 aromatic rings. The van der Waals surface area contributed by atoms with Gasteiger partial charge in [0.2, 0.25) is 5.91 Å². The highest BCUT2D eigenvalue weighted by molar-refractivity contribution is 9.10. The minimum Gasteiger partial charge on any atom is -0.387 e. The molecule has 0 bridgehead atoms. The topological polar surface area (TPSA) is 183 Å². The fraction of sp³-hybridized carbons (Fsp3) is 0.517. The lowest BCUT2D eigenvalue weighted by Crippen LogP contribution is -2.56. The lowest BCUT2D eigenvalue weighted by atomic mass is 10.1. The predicted molar refractivity (Wildman–Crippen MR) is 168 cm³/mol. The molecular formula is C29H37BrN8O7. The minimum atomic E-state index is -0.923. The summed E-state index contributed by atoms with van der Waals surface area (Å²) in [6.45, 7) is 5.18. The molecular weight excluding hydrogens is 652 g/mol. The van der Waals surface area contributed by atoms with E-state index >= 15 is 0 Å². The number of aliphatic hydroxyl groups excluding tert-OH is 1. The van der Waals surface area contributed by atoms with Crippen molar-refractivity contribution in [1.82, 2.24) is 25.0 Å². The molecule has 3 amide bonds. The Morgan fingerprint density at radius 2 is 1.82 bits per heavy atom. The van der Waals surface area contributed by atoms with Gasteiger partial charge in [-0.05, 0) is 32.4 Å². The third-order valence-corrected chi connectivity index (χ3v) is 8.61. The normalized spacial score (nSPS) is 25.2. The summed E-state index contributed by atoms with van der Waals surface area (Å²) in [5.41, 5.74) is 0.680. The number of benzene rings is 1. The van der Waals surface area contributed by atoms with Gasteiger partial charge in [0.1, 0.15) is 18.0 Å². The van der Waals surface area contributed by atoms with Crippen LogP contribution in [-0.4, -0.2) is 124 Å². The monoisotopic (exact) mass is 688 g/mol. The second-order valence-electron chi connectivity index (χ2n) is 11.6. The summed E-state index contributed by atoms with van der Waals surface area (Å²) in [4.78, 5) is 61.9. The molecule has 15 nitrogen and oxygen atoms in total. The van der Waals surface area contributed by atoms with Crippen molar-refractivity contribution in [3.63, 3.8) is 0 Å². The predicted octanol–water partition coefficient (Wildman–Crippen LogP) is 1.49. The van der Waals surface area contributed by atoms with E-state index in [4.69, 9.17) is 4.74 Å². The number of aromatic nitrogens is 1. The van der Waals surface area contributed by atoms with Crippen molar-refractivity contribution >= 4 is 50.7 Å². The van der Waals surface area contributed by atoms with Crippen LogP contribution < -0.4 is 16.0 Å². The average Bonchev–Trinajstić information content (AvgIpc) is 3.43. The standard InChI is InChI=1S/C29H37BrN8O7/c1-16-12-36(13-17(2)45-16)28(41)22-7-19(30)8-23(38(43)44)26(22)34-21-9-24(29(42)35-5-4-33-25(39)15-35)37(14-21)27(40)18-6-20(31-3)11-32-10-18/h6-8,10-11,16-17,21,24-25,31,33-34,39H,4-5,9,12-15H2,1-3H3/t16-,17+,21-,24?,25-/m1/s1. The van der Waals surface area contributed by atoms with E-state index in [1.807, 2.05) is 13.8 Å². The number of morpholine rings is 1. The van der Waals surface area contributed by atoms with Crippen molar-refractivity contribution < 1.29 is 29.2 Å². The van der Waals surface area contributed by atoms with Gasteiger partial charge in [-0.25, -0.2) is 0 Å². The van der Waals surface area contributed by atoms with Crippen LogP contribution in [0.3, 0.4) is 0 Å². The maximum Gasteiger partial charge on any atom is 0.294 e. The van der Waals surface area contributed by atoms with E-state index in [1.165, 1.54) is 22.1 Å². The molecule has 1 unspecified atom stereocenters. The summed E-state index contributed by atoms with van der Waals surface area (Å²) in [5, 5.41) is 31.4. The van der Waals surface area contributed by atoms with E-state index in [0.717, 1.165) is 0 Å². The van der Waals surface area contributed by atoms with Gasteiger partial charge in [-0.3, -0.25) is 34.8 Å². The van der Waals surface area contributed by atoms with Crippen LogP contribution in [0, 0.1) is 10.1 Å². The Labute approximate surface area is 268 Å². The molecule has 0 aliphatic carbocycles. The summed E-state index contributed by atoms with van der Waals surface area (Å²) in [6, 6.07) is 2.95. The van der Waals surface area contributed by atoms with Gasteiger partial charge in [-0.15, -0.1) is 0 Å². The average molecular weight is 690 g/mol. The number of amides is 3. The molecule has 0 spiro atoms. The molecule has 5 rings (SSSR count). The van der Waals surface area contributed by atoms with Crippen LogP contribution >= 0.6 is 15.9 Å². The Morgan fingerprint density at radius 3 is 2.49 bits per heavy atom. The van der Waals surface area contributed by atoms with E-state index in [2.05, 4.69) is 36.9 Å². The van der Waals surface area contributed by atoms with Crippen LogP contribution in [0.15, 0.2) is 35.1 Å². The Bertz CT molecular complexity index is 1470. The van der Waals surface area contributed by atoms with Crippen LogP contribution in [0.25, 0.3) is 0 Å². The molecule has 1 aromatic heterocycles. The molecule has 4 N–H and O–H groups in total. The van der Waals surface area contributed by atoms with Crippen molar-refractivity contribution in [3.8, 4) is 0 Å². The number of rotatable bonds is 7. The molecule has 3 aliphatic heterocycles. The second-order valence-corrected chi connectivity index (χ2v) is 12.5. The highest BCUT2D eigenvalue weighted by Crippen LogP contribution is 2.36. The smallest absolute Gasteiger partial charge is 0.294 e. The summed E-state index contributed by atoms with van der Waals surface area (Å²) < 4.78 is 6.14. The van der Waals surface area contributed by atoms with Gasteiger partial charge in [-0.2, -0.15) is 0 Å². The number of hydrogen-bond donors (Lipinski definition) is 4. The quantitative estimate of drug-likeness (QED) is 0.244. The van der Waals surface area contributed by atoms with Crippen molar-refractivity contribution in [3.05, 3.63) is 56.3 Å². The first-order valence-corrected chi connectivity index (χ1v) is 15.6. The Hall–Kier alpha value is -3.86. The van der Waals surface area contributed by atoms with Crippen LogP contribution in [0.2, 0.25) is 0 Å². The molecule has 4 heterocycles. The highest BCUT2D eigenvalue weighted by Gasteiger charge is 2.43. The molecule has 1 aromatic carbocycles. The number of likely N-dealkylation sites (tertiary alicyclic amines) is 1. The first kappa shape index (κ1) is 32.5. The van der Waals surface area contributed by atoms with Crippen LogP contribution in [0.1, 0.15) is 41.0 Å². The lowest BCUT2D eigenvalue weighted by Gasteiger charge is -2.35. The molecule has 16 heteroatoms. The number of carbonyl (C=O) groups is 3. The van der Waals surface area contributed by atoms with Crippen molar-refractivity contribution in [2.45, 2.75) is 50.8 Å². The van der Waals surface area contributed by atoms with Crippen LogP contribution in [0.4, 0.5) is 17.1 Å². The molecule has 0 saturated carbocycles. The minimum absolute atomic E-state index is 0.0157. The number of carbonyl (C=O) groups excluding carboxylic acids is 3. The Kier molecular flexibility index (Phi) is 9.86. The maximum absolute atomic E-state index is 13.9. The van der Waals surface area contributed by atoms with Crippen molar-refractivity contribution in [1.29, 1.82) is 0 Å². The largest absolute Gasteiger partial charge is 0.387 e. The number of nitro groups is 1. The molecule has 3 saturated heterocycles. The molecule has 45 heavy (non-hydrogen) atoms. The van der Waals surface area contributed by atoms with E-state index < -0.39 is 35.0 Å². The van der Waals surface area contributed by atoms with Gasteiger partial charge in [0.25, 0.3) is 17.5 Å². The molecule has 3 fully saturated rings. The zero-order valence-electron chi connectivity index (χ0n) is 25.2. The summed E-state index contributed by atoms with van der Waals surface area (Å²) in [5.74, 6) is -1.17.